The van der Waals surface area contributed by atoms with E-state index in [0.717, 1.165) is 12.8 Å². The average molecular weight is 249 g/mol. The van der Waals surface area contributed by atoms with Crippen LogP contribution in [-0.2, 0) is 12.0 Å². The van der Waals surface area contributed by atoms with E-state index in [1.54, 1.807) is 0 Å². The molecule has 0 N–H and O–H groups in total. The fraction of sp³-hybridized carbons (Fsp3) is 0.278. The second-order valence-corrected chi connectivity index (χ2v) is 5.28. The lowest BCUT2D eigenvalue weighted by molar-refractivity contribution is 0.356. The summed E-state index contributed by atoms with van der Waals surface area (Å²) in [5.41, 5.74) is 4.09. The third-order valence-corrected chi connectivity index (χ3v) is 3.93. The van der Waals surface area contributed by atoms with E-state index in [9.17, 15) is 0 Å². The molecule has 19 heavy (non-hydrogen) atoms. The second kappa shape index (κ2) is 5.00. The number of aliphatic imine (C=N–C) groups is 1. The molecule has 0 aromatic heterocycles. The van der Waals surface area contributed by atoms with Crippen LogP contribution < -0.4 is 0 Å². The Morgan fingerprint density at radius 1 is 1.05 bits per heavy atom. The normalized spacial score (nSPS) is 21.1. The van der Waals surface area contributed by atoms with Crippen molar-refractivity contribution in [2.24, 2.45) is 4.99 Å². The van der Waals surface area contributed by atoms with E-state index in [1.165, 1.54) is 23.1 Å². The van der Waals surface area contributed by atoms with Gasteiger partial charge in [0.15, 0.2) is 0 Å². The van der Waals surface area contributed by atoms with Gasteiger partial charge in [-0.1, -0.05) is 67.9 Å². The number of fused-ring (bicyclic) bond motifs is 1. The molecule has 1 nitrogen and oxygen atoms in total. The summed E-state index contributed by atoms with van der Waals surface area (Å²) in [5, 5.41) is 0. The van der Waals surface area contributed by atoms with Gasteiger partial charge in [0, 0.05) is 12.6 Å². The van der Waals surface area contributed by atoms with Crippen molar-refractivity contribution < 1.29 is 0 Å². The van der Waals surface area contributed by atoms with Crippen LogP contribution in [0, 0.1) is 0 Å². The summed E-state index contributed by atoms with van der Waals surface area (Å²) in [6, 6.07) is 19.1. The Morgan fingerprint density at radius 2 is 1.79 bits per heavy atom. The van der Waals surface area contributed by atoms with E-state index in [1.807, 2.05) is 12.3 Å². The summed E-state index contributed by atoms with van der Waals surface area (Å²) in [4.78, 5) is 4.94. The highest BCUT2D eigenvalue weighted by atomic mass is 14.9. The first kappa shape index (κ1) is 12.2. The zero-order valence-electron chi connectivity index (χ0n) is 11.3. The molecule has 3 rings (SSSR count). The zero-order chi connectivity index (χ0) is 13.1. The summed E-state index contributed by atoms with van der Waals surface area (Å²) in [7, 11) is 0. The van der Waals surface area contributed by atoms with Crippen LogP contribution in [0.25, 0.3) is 0 Å². The molecule has 0 spiro atoms. The second-order valence-electron chi connectivity index (χ2n) is 5.28. The molecule has 1 aliphatic carbocycles. The standard InChI is InChI=1S/C18H19N/c1-2-12-18(13-16-10-6-7-11-17(16)18)19-14-15-8-4-3-5-9-15/h3-11,14H,2,12-13H2,1H3. The molecular formula is C18H19N. The minimum absolute atomic E-state index is 0.0290. The van der Waals surface area contributed by atoms with Crippen LogP contribution in [0.3, 0.4) is 0 Å². The Hall–Kier alpha value is -1.89. The van der Waals surface area contributed by atoms with Crippen LogP contribution in [0.2, 0.25) is 0 Å². The first-order valence-corrected chi connectivity index (χ1v) is 7.03. The molecule has 1 atom stereocenters. The van der Waals surface area contributed by atoms with E-state index < -0.39 is 0 Å². The number of hydrogen-bond donors (Lipinski definition) is 0. The monoisotopic (exact) mass is 249 g/mol. The highest BCUT2D eigenvalue weighted by molar-refractivity contribution is 5.80. The Balaban J connectivity index is 1.90. The molecule has 1 unspecified atom stereocenters. The highest BCUT2D eigenvalue weighted by Crippen LogP contribution is 2.45. The predicted molar refractivity (Wildman–Crippen MR) is 80.8 cm³/mol. The van der Waals surface area contributed by atoms with Crippen molar-refractivity contribution in [3.63, 3.8) is 0 Å². The van der Waals surface area contributed by atoms with Crippen LogP contribution in [0.15, 0.2) is 59.6 Å². The summed E-state index contributed by atoms with van der Waals surface area (Å²) in [5.74, 6) is 0. The summed E-state index contributed by atoms with van der Waals surface area (Å²) in [6.07, 6.45) is 5.42. The molecule has 0 amide bonds. The summed E-state index contributed by atoms with van der Waals surface area (Å²) < 4.78 is 0. The lowest BCUT2D eigenvalue weighted by Gasteiger charge is -2.41. The van der Waals surface area contributed by atoms with Gasteiger partial charge in [-0.2, -0.15) is 0 Å². The van der Waals surface area contributed by atoms with Gasteiger partial charge in [0.25, 0.3) is 0 Å². The van der Waals surface area contributed by atoms with Gasteiger partial charge in [0.1, 0.15) is 0 Å². The van der Waals surface area contributed by atoms with Crippen molar-refractivity contribution in [2.75, 3.05) is 0 Å². The molecule has 2 aromatic carbocycles. The minimum Gasteiger partial charge on any atom is -0.281 e. The van der Waals surface area contributed by atoms with Gasteiger partial charge >= 0.3 is 0 Å². The van der Waals surface area contributed by atoms with Gasteiger partial charge < -0.3 is 0 Å². The van der Waals surface area contributed by atoms with Crippen LogP contribution in [0.1, 0.15) is 36.5 Å². The van der Waals surface area contributed by atoms with Gasteiger partial charge in [0.05, 0.1) is 5.54 Å². The van der Waals surface area contributed by atoms with E-state index in [-0.39, 0.29) is 5.54 Å². The SMILES string of the molecule is CCCC1(N=Cc2ccccc2)Cc2ccccc21. The van der Waals surface area contributed by atoms with Gasteiger partial charge in [-0.05, 0) is 23.1 Å². The Kier molecular flexibility index (Phi) is 3.20. The van der Waals surface area contributed by atoms with Crippen LogP contribution in [0.5, 0.6) is 0 Å². The summed E-state index contributed by atoms with van der Waals surface area (Å²) in [6.45, 7) is 2.24. The van der Waals surface area contributed by atoms with Gasteiger partial charge in [-0.3, -0.25) is 4.99 Å². The van der Waals surface area contributed by atoms with E-state index >= 15 is 0 Å². The molecule has 0 saturated carbocycles. The Bertz CT molecular complexity index is 586. The molecule has 1 heteroatoms. The molecule has 0 heterocycles. The van der Waals surface area contributed by atoms with Crippen LogP contribution >= 0.6 is 0 Å². The highest BCUT2D eigenvalue weighted by Gasteiger charge is 2.40. The first-order valence-electron chi connectivity index (χ1n) is 7.03. The average Bonchev–Trinajstić information content (AvgIpc) is 2.44. The third kappa shape index (κ3) is 2.21. The largest absolute Gasteiger partial charge is 0.281 e. The minimum atomic E-state index is 0.0290. The maximum atomic E-state index is 4.94. The number of nitrogens with zero attached hydrogens (tertiary/aromatic N) is 1. The lowest BCUT2D eigenvalue weighted by Crippen LogP contribution is -2.37. The lowest BCUT2D eigenvalue weighted by atomic mass is 9.68. The quantitative estimate of drug-likeness (QED) is 0.714. The maximum Gasteiger partial charge on any atom is 0.0899 e. The molecule has 96 valence electrons. The molecular weight excluding hydrogens is 230 g/mol. The van der Waals surface area contributed by atoms with Gasteiger partial charge in [-0.25, -0.2) is 0 Å². The molecule has 0 aliphatic heterocycles. The van der Waals surface area contributed by atoms with E-state index in [2.05, 4.69) is 55.5 Å². The van der Waals surface area contributed by atoms with Crippen molar-refractivity contribution >= 4 is 6.21 Å². The fourth-order valence-corrected chi connectivity index (χ4v) is 2.99. The maximum absolute atomic E-state index is 4.94. The van der Waals surface area contributed by atoms with Crippen molar-refractivity contribution in [3.05, 3.63) is 71.3 Å². The van der Waals surface area contributed by atoms with Crippen molar-refractivity contribution in [2.45, 2.75) is 31.7 Å². The number of rotatable bonds is 4. The topological polar surface area (TPSA) is 12.4 Å². The van der Waals surface area contributed by atoms with E-state index in [0.29, 0.717) is 0 Å². The zero-order valence-corrected chi connectivity index (χ0v) is 11.3. The van der Waals surface area contributed by atoms with Crippen LogP contribution in [0.4, 0.5) is 0 Å². The molecule has 0 bridgehead atoms. The molecule has 0 radical (unpaired) electrons. The Labute approximate surface area is 115 Å². The molecule has 2 aromatic rings. The summed E-state index contributed by atoms with van der Waals surface area (Å²) >= 11 is 0. The van der Waals surface area contributed by atoms with Gasteiger partial charge in [0.2, 0.25) is 0 Å². The first-order chi connectivity index (χ1) is 9.34. The Morgan fingerprint density at radius 3 is 2.53 bits per heavy atom. The molecule has 1 aliphatic rings. The fourth-order valence-electron chi connectivity index (χ4n) is 2.99. The van der Waals surface area contributed by atoms with Crippen molar-refractivity contribution in [1.29, 1.82) is 0 Å². The van der Waals surface area contributed by atoms with Crippen molar-refractivity contribution in [3.8, 4) is 0 Å². The molecule has 0 saturated heterocycles. The van der Waals surface area contributed by atoms with Crippen LogP contribution in [-0.4, -0.2) is 6.21 Å². The number of benzene rings is 2. The van der Waals surface area contributed by atoms with Gasteiger partial charge in [-0.15, -0.1) is 0 Å². The third-order valence-electron chi connectivity index (χ3n) is 3.93. The number of hydrogen-bond acceptors (Lipinski definition) is 1. The predicted octanol–water partition coefficient (Wildman–Crippen LogP) is 4.36. The smallest absolute Gasteiger partial charge is 0.0899 e. The van der Waals surface area contributed by atoms with E-state index in [4.69, 9.17) is 4.99 Å². The van der Waals surface area contributed by atoms with Crippen molar-refractivity contribution in [1.82, 2.24) is 0 Å². The molecule has 0 fully saturated rings.